The second kappa shape index (κ2) is 9.89. The highest BCUT2D eigenvalue weighted by Gasteiger charge is 2.55. The lowest BCUT2D eigenvalue weighted by molar-refractivity contribution is -0.135. The Morgan fingerprint density at radius 2 is 2.06 bits per heavy atom. The van der Waals surface area contributed by atoms with Gasteiger partial charge in [0.25, 0.3) is 5.91 Å². The normalized spacial score (nSPS) is 27.2. The molecule has 2 atom stereocenters. The minimum Gasteiger partial charge on any atom is -0.376 e. The first-order chi connectivity index (χ1) is 15.4. The molecule has 2 N–H and O–H groups in total. The van der Waals surface area contributed by atoms with Crippen LogP contribution in [-0.2, 0) is 20.9 Å². The van der Waals surface area contributed by atoms with E-state index in [2.05, 4.69) is 28.5 Å². The molecule has 3 saturated heterocycles. The van der Waals surface area contributed by atoms with Gasteiger partial charge in [-0.3, -0.25) is 19.4 Å². The van der Waals surface area contributed by atoms with E-state index in [4.69, 9.17) is 4.74 Å². The van der Waals surface area contributed by atoms with Gasteiger partial charge in [0.15, 0.2) is 0 Å². The second-order valence-electron chi connectivity index (χ2n) is 9.20. The predicted octanol–water partition coefficient (Wildman–Crippen LogP) is 3.19. The summed E-state index contributed by atoms with van der Waals surface area (Å²) in [4.78, 5) is 42.6. The van der Waals surface area contributed by atoms with Crippen molar-refractivity contribution in [3.05, 3.63) is 17.0 Å². The maximum Gasteiger partial charge on any atom is 0.325 e. The highest BCUT2D eigenvalue weighted by molar-refractivity contribution is 7.16. The molecule has 0 aliphatic carbocycles. The van der Waals surface area contributed by atoms with Crippen molar-refractivity contribution in [1.29, 1.82) is 0 Å². The Hall–Kier alpha value is -1.97. The fraction of sp³-hybridized carbons (Fsp3) is 0.696. The standard InChI is InChI=1S/C23H34N4O4S/c1-3-10-23(21(29)27(22(30)25-23)14-18-5-4-13-31-18)17-8-11-26(12-9-17)15-19-6-7-20(32-19)24-16(2)28/h6-7,17-18H,3-5,8-15H2,1-2H3,(H,24,28)(H,25,30)/t18-,23+/m1/s1. The summed E-state index contributed by atoms with van der Waals surface area (Å²) in [7, 11) is 0. The molecule has 1 aromatic rings. The molecule has 0 unspecified atom stereocenters. The molecule has 3 fully saturated rings. The van der Waals surface area contributed by atoms with E-state index in [1.165, 1.54) is 16.7 Å². The lowest BCUT2D eigenvalue weighted by Gasteiger charge is -2.41. The van der Waals surface area contributed by atoms with Crippen LogP contribution in [0.25, 0.3) is 0 Å². The molecule has 0 bridgehead atoms. The summed E-state index contributed by atoms with van der Waals surface area (Å²) in [5.41, 5.74) is -0.780. The highest BCUT2D eigenvalue weighted by Crippen LogP contribution is 2.38. The van der Waals surface area contributed by atoms with Crippen LogP contribution in [0.3, 0.4) is 0 Å². The first-order valence-electron chi connectivity index (χ1n) is 11.8. The van der Waals surface area contributed by atoms with Crippen molar-refractivity contribution in [3.8, 4) is 0 Å². The van der Waals surface area contributed by atoms with Crippen LogP contribution >= 0.6 is 11.3 Å². The van der Waals surface area contributed by atoms with Gasteiger partial charge in [-0.15, -0.1) is 11.3 Å². The van der Waals surface area contributed by atoms with Gasteiger partial charge in [-0.1, -0.05) is 13.3 Å². The van der Waals surface area contributed by atoms with E-state index in [1.54, 1.807) is 11.3 Å². The number of nitrogens with one attached hydrogen (secondary N) is 2. The SMILES string of the molecule is CCC[C@@]1(C2CCN(Cc3ccc(NC(C)=O)s3)CC2)NC(=O)N(C[C@H]2CCCO2)C1=O. The van der Waals surface area contributed by atoms with Crippen molar-refractivity contribution in [2.24, 2.45) is 5.92 Å². The second-order valence-corrected chi connectivity index (χ2v) is 10.4. The molecule has 3 aliphatic heterocycles. The number of carbonyl (C=O) groups is 3. The number of hydrogen-bond donors (Lipinski definition) is 2. The highest BCUT2D eigenvalue weighted by atomic mass is 32.1. The minimum absolute atomic E-state index is 0.0304. The van der Waals surface area contributed by atoms with E-state index in [9.17, 15) is 14.4 Å². The Labute approximate surface area is 193 Å². The summed E-state index contributed by atoms with van der Waals surface area (Å²) in [6, 6.07) is 3.75. The zero-order valence-corrected chi connectivity index (χ0v) is 19.8. The molecule has 8 nitrogen and oxygen atoms in total. The summed E-state index contributed by atoms with van der Waals surface area (Å²) in [6.45, 7) is 7.28. The minimum atomic E-state index is -0.780. The molecular weight excluding hydrogens is 428 g/mol. The van der Waals surface area contributed by atoms with Gasteiger partial charge in [-0.25, -0.2) is 4.79 Å². The molecule has 1 aromatic heterocycles. The van der Waals surface area contributed by atoms with E-state index in [0.717, 1.165) is 56.7 Å². The van der Waals surface area contributed by atoms with E-state index < -0.39 is 5.54 Å². The number of anilines is 1. The Kier molecular flexibility index (Phi) is 7.17. The first-order valence-corrected chi connectivity index (χ1v) is 12.6. The predicted molar refractivity (Wildman–Crippen MR) is 123 cm³/mol. The molecule has 9 heteroatoms. The monoisotopic (exact) mass is 462 g/mol. The third-order valence-corrected chi connectivity index (χ3v) is 7.87. The van der Waals surface area contributed by atoms with Crippen LogP contribution < -0.4 is 10.6 Å². The van der Waals surface area contributed by atoms with Crippen molar-refractivity contribution in [2.45, 2.75) is 70.6 Å². The van der Waals surface area contributed by atoms with Gasteiger partial charge >= 0.3 is 6.03 Å². The van der Waals surface area contributed by atoms with Crippen LogP contribution in [0.1, 0.15) is 57.2 Å². The zero-order chi connectivity index (χ0) is 22.7. The van der Waals surface area contributed by atoms with Gasteiger partial charge in [0.1, 0.15) is 5.54 Å². The van der Waals surface area contributed by atoms with Gasteiger partial charge in [-0.05, 0) is 63.2 Å². The lowest BCUT2D eigenvalue weighted by Crippen LogP contribution is -2.56. The molecule has 3 aliphatic rings. The van der Waals surface area contributed by atoms with E-state index in [0.29, 0.717) is 19.6 Å². The van der Waals surface area contributed by atoms with Gasteiger partial charge in [0, 0.05) is 25.0 Å². The van der Waals surface area contributed by atoms with Crippen LogP contribution in [0.4, 0.5) is 9.80 Å². The van der Waals surface area contributed by atoms with E-state index >= 15 is 0 Å². The van der Waals surface area contributed by atoms with Crippen molar-refractivity contribution < 1.29 is 19.1 Å². The summed E-state index contributed by atoms with van der Waals surface area (Å²) in [5.74, 6) is 0.0247. The number of amides is 4. The maximum absolute atomic E-state index is 13.5. The lowest BCUT2D eigenvalue weighted by atomic mass is 9.74. The molecule has 0 radical (unpaired) electrons. The molecule has 32 heavy (non-hydrogen) atoms. The van der Waals surface area contributed by atoms with Crippen LogP contribution in [0.5, 0.6) is 0 Å². The van der Waals surface area contributed by atoms with Crippen molar-refractivity contribution in [1.82, 2.24) is 15.1 Å². The third kappa shape index (κ3) is 4.84. The molecule has 4 amide bonds. The molecular formula is C23H34N4O4S. The smallest absolute Gasteiger partial charge is 0.325 e. The van der Waals surface area contributed by atoms with Crippen LogP contribution in [0, 0.1) is 5.92 Å². The van der Waals surface area contributed by atoms with Gasteiger partial charge in [-0.2, -0.15) is 0 Å². The quantitative estimate of drug-likeness (QED) is 0.579. The van der Waals surface area contributed by atoms with Crippen LogP contribution in [0.2, 0.25) is 0 Å². The molecule has 4 heterocycles. The summed E-state index contributed by atoms with van der Waals surface area (Å²) < 4.78 is 5.68. The van der Waals surface area contributed by atoms with E-state index in [1.807, 2.05) is 6.07 Å². The maximum atomic E-state index is 13.5. The van der Waals surface area contributed by atoms with Crippen LogP contribution in [-0.4, -0.2) is 65.5 Å². The summed E-state index contributed by atoms with van der Waals surface area (Å²) in [5, 5.41) is 6.83. The number of hydrogen-bond acceptors (Lipinski definition) is 6. The van der Waals surface area contributed by atoms with Gasteiger partial charge in [0.2, 0.25) is 5.91 Å². The number of carbonyl (C=O) groups excluding carboxylic acids is 3. The average Bonchev–Trinajstić information content (AvgIpc) is 3.47. The zero-order valence-electron chi connectivity index (χ0n) is 19.0. The Morgan fingerprint density at radius 3 is 2.72 bits per heavy atom. The average molecular weight is 463 g/mol. The molecule has 0 saturated carbocycles. The third-order valence-electron chi connectivity index (χ3n) is 6.88. The number of urea groups is 1. The number of ether oxygens (including phenoxy) is 1. The Bertz CT molecular complexity index is 845. The van der Waals surface area contributed by atoms with Gasteiger partial charge in [0.05, 0.1) is 17.6 Å². The molecule has 176 valence electrons. The molecule has 0 aromatic carbocycles. The largest absolute Gasteiger partial charge is 0.376 e. The molecule has 4 rings (SSSR count). The fourth-order valence-electron chi connectivity index (χ4n) is 5.36. The van der Waals surface area contributed by atoms with Crippen LogP contribution in [0.15, 0.2) is 12.1 Å². The van der Waals surface area contributed by atoms with Crippen molar-refractivity contribution >= 4 is 34.2 Å². The first kappa shape index (κ1) is 23.2. The van der Waals surface area contributed by atoms with Gasteiger partial charge < -0.3 is 15.4 Å². The van der Waals surface area contributed by atoms with Crippen molar-refractivity contribution in [3.63, 3.8) is 0 Å². The number of nitrogens with zero attached hydrogens (tertiary/aromatic N) is 2. The van der Waals surface area contributed by atoms with Crippen molar-refractivity contribution in [2.75, 3.05) is 31.6 Å². The summed E-state index contributed by atoms with van der Waals surface area (Å²) in [6.07, 6.45) is 5.15. The number of imide groups is 1. The fourth-order valence-corrected chi connectivity index (χ4v) is 6.35. The number of rotatable bonds is 8. The number of piperidine rings is 1. The molecule has 0 spiro atoms. The Morgan fingerprint density at radius 1 is 1.28 bits per heavy atom. The summed E-state index contributed by atoms with van der Waals surface area (Å²) >= 11 is 1.60. The number of thiophene rings is 1. The van der Waals surface area contributed by atoms with E-state index in [-0.39, 0.29) is 29.9 Å². The Balaban J connectivity index is 1.37. The topological polar surface area (TPSA) is 91.0 Å². The number of likely N-dealkylation sites (tertiary alicyclic amines) is 1.